The van der Waals surface area contributed by atoms with E-state index in [1.54, 1.807) is 7.11 Å². The van der Waals surface area contributed by atoms with Gasteiger partial charge in [0.1, 0.15) is 5.75 Å². The summed E-state index contributed by atoms with van der Waals surface area (Å²) in [6.07, 6.45) is 3.80. The molecule has 0 aliphatic carbocycles. The van der Waals surface area contributed by atoms with Crippen LogP contribution in [0.25, 0.3) is 0 Å². The Hall–Kier alpha value is -1.06. The fourth-order valence-electron chi connectivity index (χ4n) is 3.34. The molecule has 0 amide bonds. The fraction of sp³-hybridized carbons (Fsp3) is 0.667. The van der Waals surface area contributed by atoms with Gasteiger partial charge in [-0.05, 0) is 56.0 Å². The van der Waals surface area contributed by atoms with Gasteiger partial charge in [0, 0.05) is 12.1 Å². The van der Waals surface area contributed by atoms with Crippen molar-refractivity contribution >= 4 is 0 Å². The Morgan fingerprint density at radius 3 is 2.24 bits per heavy atom. The van der Waals surface area contributed by atoms with Crippen molar-refractivity contribution in [2.75, 3.05) is 20.2 Å². The van der Waals surface area contributed by atoms with Gasteiger partial charge in [-0.1, -0.05) is 32.4 Å². The molecular weight excluding hydrogens is 260 g/mol. The van der Waals surface area contributed by atoms with Crippen molar-refractivity contribution in [3.05, 3.63) is 29.8 Å². The first-order chi connectivity index (χ1) is 9.99. The van der Waals surface area contributed by atoms with Crippen LogP contribution < -0.4 is 10.5 Å². The van der Waals surface area contributed by atoms with Crippen molar-refractivity contribution in [3.8, 4) is 5.75 Å². The molecule has 3 nitrogen and oxygen atoms in total. The van der Waals surface area contributed by atoms with Crippen LogP contribution in [0.1, 0.15) is 51.6 Å². The molecular formula is C18H30N2O. The minimum absolute atomic E-state index is 0.129. The van der Waals surface area contributed by atoms with E-state index in [0.29, 0.717) is 11.5 Å². The number of hydrogen-bond acceptors (Lipinski definition) is 3. The highest BCUT2D eigenvalue weighted by molar-refractivity contribution is 5.30. The average molecular weight is 290 g/mol. The van der Waals surface area contributed by atoms with E-state index in [1.807, 2.05) is 12.1 Å². The number of likely N-dealkylation sites (tertiary alicyclic amines) is 1. The standard InChI is InChI=1S/C18H30N2O/c1-5-18(3)10-12-20(13-11-18)17(14(2)19)15-6-8-16(21-4)9-7-15/h6-9,14,17H,5,10-13,19H2,1-4H3. The van der Waals surface area contributed by atoms with Crippen LogP contribution in [0.15, 0.2) is 24.3 Å². The molecule has 1 aliphatic heterocycles. The molecule has 0 spiro atoms. The van der Waals surface area contributed by atoms with Crippen molar-refractivity contribution < 1.29 is 4.74 Å². The normalized spacial score (nSPS) is 21.8. The molecule has 1 saturated heterocycles. The summed E-state index contributed by atoms with van der Waals surface area (Å²) in [5.41, 5.74) is 8.11. The lowest BCUT2D eigenvalue weighted by Crippen LogP contribution is -2.45. The van der Waals surface area contributed by atoms with Crippen LogP contribution >= 0.6 is 0 Å². The van der Waals surface area contributed by atoms with Gasteiger partial charge >= 0.3 is 0 Å². The molecule has 0 radical (unpaired) electrons. The minimum atomic E-state index is 0.129. The number of benzene rings is 1. The van der Waals surface area contributed by atoms with Crippen LogP contribution in [-0.4, -0.2) is 31.1 Å². The van der Waals surface area contributed by atoms with Gasteiger partial charge in [0.05, 0.1) is 7.11 Å². The number of hydrogen-bond donors (Lipinski definition) is 1. The number of ether oxygens (including phenoxy) is 1. The topological polar surface area (TPSA) is 38.5 Å². The van der Waals surface area contributed by atoms with E-state index in [9.17, 15) is 0 Å². The van der Waals surface area contributed by atoms with E-state index in [-0.39, 0.29) is 6.04 Å². The quantitative estimate of drug-likeness (QED) is 0.900. The summed E-state index contributed by atoms with van der Waals surface area (Å²) in [7, 11) is 1.70. The van der Waals surface area contributed by atoms with E-state index in [0.717, 1.165) is 18.8 Å². The Bertz CT molecular complexity index is 433. The summed E-state index contributed by atoms with van der Waals surface area (Å²) in [6.45, 7) is 9.12. The van der Waals surface area contributed by atoms with Gasteiger partial charge in [-0.3, -0.25) is 4.90 Å². The summed E-state index contributed by atoms with van der Waals surface area (Å²) in [5.74, 6) is 0.902. The zero-order valence-corrected chi connectivity index (χ0v) is 13.9. The van der Waals surface area contributed by atoms with Gasteiger partial charge in [0.15, 0.2) is 0 Å². The molecule has 2 atom stereocenters. The lowest BCUT2D eigenvalue weighted by atomic mass is 9.77. The summed E-state index contributed by atoms with van der Waals surface area (Å²) in [6, 6.07) is 8.80. The largest absolute Gasteiger partial charge is 0.497 e. The monoisotopic (exact) mass is 290 g/mol. The minimum Gasteiger partial charge on any atom is -0.497 e. The SMILES string of the molecule is CCC1(C)CCN(C(c2ccc(OC)cc2)C(C)N)CC1. The van der Waals surface area contributed by atoms with Crippen molar-refractivity contribution in [2.24, 2.45) is 11.1 Å². The van der Waals surface area contributed by atoms with Crippen molar-refractivity contribution in [2.45, 2.75) is 52.1 Å². The number of piperidine rings is 1. The van der Waals surface area contributed by atoms with Gasteiger partial charge in [0.25, 0.3) is 0 Å². The molecule has 0 aromatic heterocycles. The zero-order valence-electron chi connectivity index (χ0n) is 13.9. The van der Waals surface area contributed by atoms with E-state index in [2.05, 4.69) is 37.8 Å². The van der Waals surface area contributed by atoms with Crippen LogP contribution in [0, 0.1) is 5.41 Å². The van der Waals surface area contributed by atoms with Crippen molar-refractivity contribution in [3.63, 3.8) is 0 Å². The van der Waals surface area contributed by atoms with Crippen LogP contribution in [0.5, 0.6) is 5.75 Å². The average Bonchev–Trinajstić information content (AvgIpc) is 2.50. The van der Waals surface area contributed by atoms with Gasteiger partial charge < -0.3 is 10.5 Å². The Balaban J connectivity index is 2.12. The third kappa shape index (κ3) is 3.78. The second-order valence-electron chi connectivity index (χ2n) is 6.78. The van der Waals surface area contributed by atoms with E-state index < -0.39 is 0 Å². The van der Waals surface area contributed by atoms with Crippen molar-refractivity contribution in [1.29, 1.82) is 0 Å². The smallest absolute Gasteiger partial charge is 0.118 e. The molecule has 1 aromatic carbocycles. The summed E-state index contributed by atoms with van der Waals surface area (Å²) in [4.78, 5) is 2.56. The highest BCUT2D eigenvalue weighted by Crippen LogP contribution is 2.37. The lowest BCUT2D eigenvalue weighted by molar-refractivity contribution is 0.0721. The van der Waals surface area contributed by atoms with E-state index in [4.69, 9.17) is 10.5 Å². The third-order valence-corrected chi connectivity index (χ3v) is 5.21. The maximum absolute atomic E-state index is 6.30. The van der Waals surface area contributed by atoms with E-state index in [1.165, 1.54) is 24.8 Å². The molecule has 0 saturated carbocycles. The molecule has 1 aromatic rings. The lowest BCUT2D eigenvalue weighted by Gasteiger charge is -2.43. The van der Waals surface area contributed by atoms with Crippen LogP contribution in [0.4, 0.5) is 0 Å². The molecule has 1 fully saturated rings. The summed E-state index contributed by atoms with van der Waals surface area (Å²) in [5, 5.41) is 0. The van der Waals surface area contributed by atoms with Crippen molar-refractivity contribution in [1.82, 2.24) is 4.90 Å². The third-order valence-electron chi connectivity index (χ3n) is 5.21. The zero-order chi connectivity index (χ0) is 15.5. The number of nitrogens with zero attached hydrogens (tertiary/aromatic N) is 1. The first-order valence-electron chi connectivity index (χ1n) is 8.12. The predicted octanol–water partition coefficient (Wildman–Crippen LogP) is 3.60. The molecule has 2 N–H and O–H groups in total. The Labute approximate surface area is 129 Å². The number of rotatable bonds is 5. The highest BCUT2D eigenvalue weighted by Gasteiger charge is 2.33. The molecule has 2 unspecified atom stereocenters. The molecule has 118 valence electrons. The molecule has 0 bridgehead atoms. The van der Waals surface area contributed by atoms with Gasteiger partial charge in [0.2, 0.25) is 0 Å². The summed E-state index contributed by atoms with van der Waals surface area (Å²) < 4.78 is 5.25. The molecule has 2 rings (SSSR count). The predicted molar refractivity (Wildman–Crippen MR) is 88.6 cm³/mol. The Morgan fingerprint density at radius 2 is 1.81 bits per heavy atom. The highest BCUT2D eigenvalue weighted by atomic mass is 16.5. The second-order valence-corrected chi connectivity index (χ2v) is 6.78. The first kappa shape index (κ1) is 16.3. The van der Waals surface area contributed by atoms with Crippen LogP contribution in [0.2, 0.25) is 0 Å². The fourth-order valence-corrected chi connectivity index (χ4v) is 3.34. The number of nitrogens with two attached hydrogens (primary N) is 1. The van der Waals surface area contributed by atoms with Gasteiger partial charge in [-0.15, -0.1) is 0 Å². The molecule has 21 heavy (non-hydrogen) atoms. The molecule has 1 aliphatic rings. The van der Waals surface area contributed by atoms with Crippen LogP contribution in [0.3, 0.4) is 0 Å². The van der Waals surface area contributed by atoms with Gasteiger partial charge in [-0.2, -0.15) is 0 Å². The maximum atomic E-state index is 6.30. The first-order valence-corrected chi connectivity index (χ1v) is 8.12. The summed E-state index contributed by atoms with van der Waals surface area (Å²) >= 11 is 0. The maximum Gasteiger partial charge on any atom is 0.118 e. The second kappa shape index (κ2) is 6.80. The molecule has 3 heteroatoms. The Kier molecular flexibility index (Phi) is 5.28. The number of methoxy groups -OCH3 is 1. The van der Waals surface area contributed by atoms with Crippen LogP contribution in [-0.2, 0) is 0 Å². The molecule has 1 heterocycles. The Morgan fingerprint density at radius 1 is 1.24 bits per heavy atom. The van der Waals surface area contributed by atoms with E-state index >= 15 is 0 Å². The van der Waals surface area contributed by atoms with Gasteiger partial charge in [-0.25, -0.2) is 0 Å².